The summed E-state index contributed by atoms with van der Waals surface area (Å²) in [5, 5.41) is 28.2. The number of H-pyrrole nitrogens is 2. The van der Waals surface area contributed by atoms with E-state index in [0.29, 0.717) is 33.7 Å². The molecule has 4 aromatic rings. The third kappa shape index (κ3) is 4.66. The van der Waals surface area contributed by atoms with E-state index >= 15 is 0 Å². The SMILES string of the molecule is CC(C)(CO)CN=c1cc(Nc2cccc(Cl)c2)nc2c(=Cc3[nH]c(=O)[nH]c3O)cnn12. The van der Waals surface area contributed by atoms with Crippen molar-refractivity contribution in [2.75, 3.05) is 18.5 Å². The summed E-state index contributed by atoms with van der Waals surface area (Å²) in [6.07, 6.45) is 3.12. The topological polar surface area (TPSA) is 144 Å². The number of nitrogens with one attached hydrogen (secondary N) is 3. The Morgan fingerprint density at radius 1 is 1.31 bits per heavy atom. The van der Waals surface area contributed by atoms with Gasteiger partial charge in [0.05, 0.1) is 6.20 Å². The molecule has 5 N–H and O–H groups in total. The molecule has 0 fully saturated rings. The molecule has 0 spiro atoms. The van der Waals surface area contributed by atoms with Crippen molar-refractivity contribution in [2.45, 2.75) is 13.8 Å². The second-order valence-corrected chi connectivity index (χ2v) is 8.53. The van der Waals surface area contributed by atoms with Crippen LogP contribution >= 0.6 is 11.6 Å². The molecule has 10 nitrogen and oxygen atoms in total. The van der Waals surface area contributed by atoms with Gasteiger partial charge in [-0.3, -0.25) is 9.98 Å². The molecule has 4 rings (SSSR count). The summed E-state index contributed by atoms with van der Waals surface area (Å²) >= 11 is 6.09. The van der Waals surface area contributed by atoms with Gasteiger partial charge >= 0.3 is 5.69 Å². The Hall–Kier alpha value is -3.63. The molecule has 0 amide bonds. The lowest BCUT2D eigenvalue weighted by molar-refractivity contribution is 0.166. The van der Waals surface area contributed by atoms with Crippen molar-refractivity contribution < 1.29 is 10.2 Å². The zero-order valence-corrected chi connectivity index (χ0v) is 18.2. The van der Waals surface area contributed by atoms with Crippen molar-refractivity contribution in [3.63, 3.8) is 0 Å². The van der Waals surface area contributed by atoms with Gasteiger partial charge < -0.3 is 20.5 Å². The Morgan fingerprint density at radius 2 is 2.12 bits per heavy atom. The Morgan fingerprint density at radius 3 is 2.81 bits per heavy atom. The minimum absolute atomic E-state index is 0.0172. The minimum Gasteiger partial charge on any atom is -0.493 e. The second kappa shape index (κ2) is 8.48. The highest BCUT2D eigenvalue weighted by Gasteiger charge is 2.16. The number of aromatic nitrogens is 5. The van der Waals surface area contributed by atoms with Crippen LogP contribution in [-0.2, 0) is 0 Å². The molecular formula is C21H22ClN7O3. The van der Waals surface area contributed by atoms with Gasteiger partial charge in [-0.15, -0.1) is 0 Å². The highest BCUT2D eigenvalue weighted by atomic mass is 35.5. The first-order valence-electron chi connectivity index (χ1n) is 9.80. The molecule has 0 aliphatic heterocycles. The van der Waals surface area contributed by atoms with Gasteiger partial charge in [-0.25, -0.2) is 9.78 Å². The fraction of sp³-hybridized carbons (Fsp3) is 0.238. The number of rotatable bonds is 6. The number of anilines is 2. The highest BCUT2D eigenvalue weighted by molar-refractivity contribution is 6.30. The summed E-state index contributed by atoms with van der Waals surface area (Å²) in [6.45, 7) is 4.17. The van der Waals surface area contributed by atoms with Gasteiger partial charge in [0.1, 0.15) is 11.5 Å². The van der Waals surface area contributed by atoms with Gasteiger partial charge in [0.15, 0.2) is 11.1 Å². The largest absolute Gasteiger partial charge is 0.493 e. The van der Waals surface area contributed by atoms with Gasteiger partial charge in [0, 0.05) is 40.6 Å². The molecule has 1 aromatic carbocycles. The second-order valence-electron chi connectivity index (χ2n) is 8.09. The van der Waals surface area contributed by atoms with E-state index in [2.05, 4.69) is 30.4 Å². The summed E-state index contributed by atoms with van der Waals surface area (Å²) in [6, 6.07) is 8.96. The molecule has 3 aromatic heterocycles. The van der Waals surface area contributed by atoms with Crippen LogP contribution in [0.2, 0.25) is 5.02 Å². The molecule has 0 atom stereocenters. The van der Waals surface area contributed by atoms with Gasteiger partial charge in [-0.2, -0.15) is 9.61 Å². The quantitative estimate of drug-likeness (QED) is 0.296. The third-order valence-electron chi connectivity index (χ3n) is 4.71. The van der Waals surface area contributed by atoms with E-state index in [1.54, 1.807) is 35.0 Å². The highest BCUT2D eigenvalue weighted by Crippen LogP contribution is 2.18. The zero-order chi connectivity index (χ0) is 22.9. The smallest absolute Gasteiger partial charge is 0.326 e. The Balaban J connectivity index is 1.89. The van der Waals surface area contributed by atoms with Gasteiger partial charge in [-0.05, 0) is 24.3 Å². The number of benzene rings is 1. The van der Waals surface area contributed by atoms with Crippen LogP contribution in [0.25, 0.3) is 11.7 Å². The number of hydrogen-bond donors (Lipinski definition) is 5. The molecule has 0 bridgehead atoms. The van der Waals surface area contributed by atoms with Crippen LogP contribution in [-0.4, -0.2) is 47.9 Å². The number of fused-ring (bicyclic) bond motifs is 1. The molecule has 0 saturated heterocycles. The first kappa shape index (κ1) is 21.6. The summed E-state index contributed by atoms with van der Waals surface area (Å²) in [5.74, 6) is 0.222. The predicted octanol–water partition coefficient (Wildman–Crippen LogP) is 1.32. The van der Waals surface area contributed by atoms with Crippen LogP contribution in [0.3, 0.4) is 0 Å². The standard InChI is InChI=1S/C21H22ClN7O3/c1-21(2,11-30)10-23-17-8-16(25-14-5-3-4-13(22)7-14)27-18-12(9-24-29(17)18)6-15-19(31)28-20(32)26-15/h3-9,25,30-31H,10-11H2,1-2H3,(H2,26,28,32). The molecular weight excluding hydrogens is 434 g/mol. The molecule has 0 aliphatic rings. The molecule has 0 radical (unpaired) electrons. The van der Waals surface area contributed by atoms with Crippen molar-refractivity contribution >= 4 is 34.8 Å². The number of hydrogen-bond acceptors (Lipinski definition) is 7. The fourth-order valence-corrected chi connectivity index (χ4v) is 3.14. The summed E-state index contributed by atoms with van der Waals surface area (Å²) < 4.78 is 1.56. The van der Waals surface area contributed by atoms with Gasteiger partial charge in [0.2, 0.25) is 5.88 Å². The third-order valence-corrected chi connectivity index (χ3v) is 4.94. The lowest BCUT2D eigenvalue weighted by Crippen LogP contribution is -2.25. The summed E-state index contributed by atoms with van der Waals surface area (Å²) in [7, 11) is 0. The Bertz CT molecular complexity index is 1450. The van der Waals surface area contributed by atoms with Crippen molar-refractivity contribution in [3.05, 3.63) is 68.4 Å². The van der Waals surface area contributed by atoms with E-state index in [4.69, 9.17) is 11.6 Å². The molecule has 11 heteroatoms. The Kier molecular flexibility index (Phi) is 5.72. The van der Waals surface area contributed by atoms with Crippen molar-refractivity contribution in [2.24, 2.45) is 10.4 Å². The molecule has 0 aliphatic carbocycles. The lowest BCUT2D eigenvalue weighted by Gasteiger charge is -2.18. The van der Waals surface area contributed by atoms with E-state index in [9.17, 15) is 15.0 Å². The van der Waals surface area contributed by atoms with Gasteiger partial charge in [0.25, 0.3) is 0 Å². The van der Waals surface area contributed by atoms with Crippen LogP contribution in [0.15, 0.2) is 46.3 Å². The van der Waals surface area contributed by atoms with Crippen LogP contribution in [0.5, 0.6) is 5.88 Å². The molecule has 0 saturated carbocycles. The van der Waals surface area contributed by atoms with Crippen molar-refractivity contribution in [1.29, 1.82) is 0 Å². The molecule has 3 heterocycles. The maximum Gasteiger partial charge on any atom is 0.326 e. The molecule has 166 valence electrons. The maximum atomic E-state index is 11.5. The monoisotopic (exact) mass is 455 g/mol. The number of nitrogens with zero attached hydrogens (tertiary/aromatic N) is 4. The lowest BCUT2D eigenvalue weighted by atomic mass is 9.95. The number of aliphatic hydroxyl groups excluding tert-OH is 1. The number of halogens is 1. The van der Waals surface area contributed by atoms with E-state index in [-0.39, 0.29) is 18.2 Å². The Labute approximate surface area is 186 Å². The van der Waals surface area contributed by atoms with Crippen LogP contribution < -0.4 is 21.7 Å². The normalized spacial score (nSPS) is 13.2. The first-order chi connectivity index (χ1) is 15.2. The van der Waals surface area contributed by atoms with Crippen molar-refractivity contribution in [3.8, 4) is 5.88 Å². The summed E-state index contributed by atoms with van der Waals surface area (Å²) in [5.41, 5.74) is 0.998. The van der Waals surface area contributed by atoms with Crippen LogP contribution in [0, 0.1) is 5.41 Å². The van der Waals surface area contributed by atoms with E-state index in [1.807, 2.05) is 26.0 Å². The first-order valence-corrected chi connectivity index (χ1v) is 10.2. The number of imidazole rings is 1. The van der Waals surface area contributed by atoms with E-state index in [0.717, 1.165) is 5.69 Å². The minimum atomic E-state index is -0.525. The molecule has 32 heavy (non-hydrogen) atoms. The predicted molar refractivity (Wildman–Crippen MR) is 121 cm³/mol. The average molecular weight is 456 g/mol. The van der Waals surface area contributed by atoms with Crippen LogP contribution in [0.1, 0.15) is 19.5 Å². The number of aromatic amines is 2. The zero-order valence-electron chi connectivity index (χ0n) is 17.4. The number of aliphatic hydroxyl groups is 1. The summed E-state index contributed by atoms with van der Waals surface area (Å²) in [4.78, 5) is 25.5. The fourth-order valence-electron chi connectivity index (χ4n) is 2.95. The van der Waals surface area contributed by atoms with Crippen LogP contribution in [0.4, 0.5) is 11.5 Å². The maximum absolute atomic E-state index is 11.5. The van der Waals surface area contributed by atoms with E-state index in [1.165, 1.54) is 0 Å². The van der Waals surface area contributed by atoms with E-state index < -0.39 is 11.1 Å². The van der Waals surface area contributed by atoms with Crippen molar-refractivity contribution in [1.82, 2.24) is 24.6 Å². The average Bonchev–Trinajstić information content (AvgIpc) is 3.29. The number of aromatic hydroxyl groups is 1. The van der Waals surface area contributed by atoms with Gasteiger partial charge in [-0.1, -0.05) is 31.5 Å². The molecule has 0 unspecified atom stereocenters.